The Morgan fingerprint density at radius 3 is 1.69 bits per heavy atom. The van der Waals surface area contributed by atoms with Crippen molar-refractivity contribution < 1.29 is 0 Å². The Balaban J connectivity index is 0.940. The fourth-order valence-corrected chi connectivity index (χ4v) is 8.94. The molecule has 2 nitrogen and oxygen atoms in total. The first-order chi connectivity index (χ1) is 28.8. The highest BCUT2D eigenvalue weighted by atomic mass is 15.1. The highest BCUT2D eigenvalue weighted by Crippen LogP contribution is 2.42. The van der Waals surface area contributed by atoms with Gasteiger partial charge in [-0.1, -0.05) is 158 Å². The quantitative estimate of drug-likeness (QED) is 0.158. The van der Waals surface area contributed by atoms with E-state index in [-0.39, 0.29) is 0 Å². The van der Waals surface area contributed by atoms with Gasteiger partial charge >= 0.3 is 0 Å². The maximum Gasteiger partial charge on any atom is 0.0619 e. The normalized spacial score (nSPS) is 12.7. The van der Waals surface area contributed by atoms with E-state index < -0.39 is 0 Å². The van der Waals surface area contributed by atoms with Crippen LogP contribution in [0.2, 0.25) is 0 Å². The Morgan fingerprint density at radius 1 is 0.397 bits per heavy atom. The van der Waals surface area contributed by atoms with Gasteiger partial charge in [0, 0.05) is 38.9 Å². The summed E-state index contributed by atoms with van der Waals surface area (Å²) in [5, 5.41) is 7.57. The predicted molar refractivity (Wildman–Crippen MR) is 247 cm³/mol. The molecule has 0 spiro atoms. The van der Waals surface area contributed by atoms with E-state index in [0.717, 1.165) is 29.9 Å². The van der Waals surface area contributed by atoms with E-state index in [2.05, 4.69) is 228 Å². The van der Waals surface area contributed by atoms with Crippen molar-refractivity contribution in [2.45, 2.75) is 12.8 Å². The summed E-state index contributed by atoms with van der Waals surface area (Å²) in [6.07, 6.45) is 9.01. The summed E-state index contributed by atoms with van der Waals surface area (Å²) in [5.74, 6) is 0. The van der Waals surface area contributed by atoms with Crippen molar-refractivity contribution in [3.05, 3.63) is 224 Å². The molecule has 9 aromatic carbocycles. The van der Waals surface area contributed by atoms with Gasteiger partial charge in [0.15, 0.2) is 0 Å². The van der Waals surface area contributed by atoms with E-state index >= 15 is 0 Å². The van der Waals surface area contributed by atoms with Crippen molar-refractivity contribution >= 4 is 54.7 Å². The summed E-state index contributed by atoms with van der Waals surface area (Å²) in [4.78, 5) is 2.38. The Labute approximate surface area is 338 Å². The zero-order valence-electron chi connectivity index (χ0n) is 32.1. The van der Waals surface area contributed by atoms with Crippen molar-refractivity contribution in [3.63, 3.8) is 0 Å². The molecule has 1 aliphatic rings. The molecule has 11 rings (SSSR count). The van der Waals surface area contributed by atoms with Crippen LogP contribution < -0.4 is 4.90 Å². The van der Waals surface area contributed by atoms with Crippen LogP contribution in [0.25, 0.3) is 82.4 Å². The number of fused-ring (bicyclic) bond motifs is 6. The molecule has 0 N–H and O–H groups in total. The third kappa shape index (κ3) is 5.90. The van der Waals surface area contributed by atoms with Gasteiger partial charge < -0.3 is 9.47 Å². The number of hydrogen-bond acceptors (Lipinski definition) is 1. The number of para-hydroxylation sites is 1. The molecule has 58 heavy (non-hydrogen) atoms. The number of rotatable bonds is 7. The Hall–Kier alpha value is -7.42. The van der Waals surface area contributed by atoms with E-state index in [1.165, 1.54) is 82.4 Å². The second-order valence-corrected chi connectivity index (χ2v) is 15.2. The second kappa shape index (κ2) is 14.3. The van der Waals surface area contributed by atoms with Crippen molar-refractivity contribution in [1.29, 1.82) is 0 Å². The molecule has 0 saturated heterocycles. The molecular weight excluding hydrogens is 701 g/mol. The van der Waals surface area contributed by atoms with Gasteiger partial charge in [-0.3, -0.25) is 0 Å². The average molecular weight is 741 g/mol. The van der Waals surface area contributed by atoms with Crippen LogP contribution in [0.1, 0.15) is 12.8 Å². The summed E-state index contributed by atoms with van der Waals surface area (Å²) in [5.41, 5.74) is 14.4. The minimum absolute atomic E-state index is 1.04. The highest BCUT2D eigenvalue weighted by molar-refractivity contribution is 6.22. The van der Waals surface area contributed by atoms with Crippen molar-refractivity contribution in [2.75, 3.05) is 4.90 Å². The molecule has 274 valence electrons. The Bertz CT molecular complexity index is 3180. The maximum absolute atomic E-state index is 2.45. The smallest absolute Gasteiger partial charge is 0.0619 e. The van der Waals surface area contributed by atoms with E-state index in [0.29, 0.717) is 0 Å². The molecule has 10 aromatic rings. The third-order valence-corrected chi connectivity index (χ3v) is 11.8. The van der Waals surface area contributed by atoms with Gasteiger partial charge in [-0.2, -0.15) is 0 Å². The van der Waals surface area contributed by atoms with E-state index in [4.69, 9.17) is 0 Å². The summed E-state index contributed by atoms with van der Waals surface area (Å²) >= 11 is 0. The van der Waals surface area contributed by atoms with Crippen LogP contribution in [0.5, 0.6) is 0 Å². The molecule has 0 bridgehead atoms. The fourth-order valence-electron chi connectivity index (χ4n) is 8.94. The van der Waals surface area contributed by atoms with Crippen LogP contribution in [0, 0.1) is 0 Å². The molecule has 0 saturated carbocycles. The van der Waals surface area contributed by atoms with Gasteiger partial charge in [-0.25, -0.2) is 0 Å². The van der Waals surface area contributed by atoms with Gasteiger partial charge in [0.05, 0.1) is 11.0 Å². The van der Waals surface area contributed by atoms with Gasteiger partial charge in [-0.15, -0.1) is 0 Å². The molecular formula is C56H40N2. The lowest BCUT2D eigenvalue weighted by Gasteiger charge is -2.28. The SMILES string of the molecule is C1=CC(N(c2ccc(-c3ccc(-n4c5ccccc5c5cc(-c6ccccc6)c6ccccc6c54)cc3)cc2)c2ccc(-c3ccc4ccccc4c3)cc2)=CCC1. The lowest BCUT2D eigenvalue weighted by Crippen LogP contribution is -2.16. The Morgan fingerprint density at radius 2 is 0.983 bits per heavy atom. The zero-order chi connectivity index (χ0) is 38.4. The van der Waals surface area contributed by atoms with Gasteiger partial charge in [0.25, 0.3) is 0 Å². The number of allylic oxidation sites excluding steroid dienone is 3. The predicted octanol–water partition coefficient (Wildman–Crippen LogP) is 15.5. The number of nitrogens with zero attached hydrogens (tertiary/aromatic N) is 2. The molecule has 0 amide bonds. The van der Waals surface area contributed by atoms with E-state index in [9.17, 15) is 0 Å². The van der Waals surface area contributed by atoms with Crippen molar-refractivity contribution in [2.24, 2.45) is 0 Å². The van der Waals surface area contributed by atoms with Crippen molar-refractivity contribution in [3.8, 4) is 39.1 Å². The lowest BCUT2D eigenvalue weighted by molar-refractivity contribution is 0.997. The largest absolute Gasteiger partial charge is 0.311 e. The highest BCUT2D eigenvalue weighted by Gasteiger charge is 2.19. The fraction of sp³-hybridized carbons (Fsp3) is 0.0357. The van der Waals surface area contributed by atoms with E-state index in [1.54, 1.807) is 0 Å². The molecule has 0 unspecified atom stereocenters. The third-order valence-electron chi connectivity index (χ3n) is 11.8. The van der Waals surface area contributed by atoms with Crippen LogP contribution in [0.4, 0.5) is 11.4 Å². The lowest BCUT2D eigenvalue weighted by atomic mass is 9.95. The molecule has 0 aliphatic heterocycles. The average Bonchev–Trinajstić information content (AvgIpc) is 3.64. The van der Waals surface area contributed by atoms with Crippen LogP contribution >= 0.6 is 0 Å². The number of benzene rings is 9. The second-order valence-electron chi connectivity index (χ2n) is 15.2. The molecule has 0 atom stereocenters. The topological polar surface area (TPSA) is 8.17 Å². The summed E-state index contributed by atoms with van der Waals surface area (Å²) < 4.78 is 2.45. The number of hydrogen-bond donors (Lipinski definition) is 0. The van der Waals surface area contributed by atoms with Gasteiger partial charge in [0.1, 0.15) is 0 Å². The molecule has 0 radical (unpaired) electrons. The first kappa shape index (κ1) is 33.9. The molecule has 1 aromatic heterocycles. The molecule has 0 fully saturated rings. The molecule has 1 aliphatic carbocycles. The van der Waals surface area contributed by atoms with Gasteiger partial charge in [-0.05, 0) is 123 Å². The minimum atomic E-state index is 1.04. The molecule has 1 heterocycles. The summed E-state index contributed by atoms with van der Waals surface area (Å²) in [7, 11) is 0. The van der Waals surface area contributed by atoms with Crippen LogP contribution in [0.15, 0.2) is 224 Å². The zero-order valence-corrected chi connectivity index (χ0v) is 32.1. The van der Waals surface area contributed by atoms with Crippen LogP contribution in [-0.2, 0) is 0 Å². The summed E-state index contributed by atoms with van der Waals surface area (Å²) in [6.45, 7) is 0. The number of anilines is 2. The maximum atomic E-state index is 2.45. The van der Waals surface area contributed by atoms with Crippen molar-refractivity contribution in [1.82, 2.24) is 4.57 Å². The van der Waals surface area contributed by atoms with Crippen LogP contribution in [-0.4, -0.2) is 4.57 Å². The van der Waals surface area contributed by atoms with Crippen LogP contribution in [0.3, 0.4) is 0 Å². The van der Waals surface area contributed by atoms with Gasteiger partial charge in [0.2, 0.25) is 0 Å². The summed E-state index contributed by atoms with van der Waals surface area (Å²) in [6, 6.07) is 73.2. The minimum Gasteiger partial charge on any atom is -0.311 e. The van der Waals surface area contributed by atoms with E-state index in [1.807, 2.05) is 0 Å². The first-order valence-electron chi connectivity index (χ1n) is 20.2. The number of aromatic nitrogens is 1. The Kier molecular flexibility index (Phi) is 8.33. The first-order valence-corrected chi connectivity index (χ1v) is 20.2. The standard InChI is InChI=1S/C56H40N2/c1-3-14-43(15-4-1)53-38-54-51-20-11-12-22-55(51)58(56(54)52-21-10-9-19-50(52)53)49-35-27-41(28-36-49)40-25-31-47(32-26-40)57(46-17-5-2-6-18-46)48-33-29-42(30-34-48)45-24-23-39-13-7-8-16-44(39)37-45/h1,3-5,7-38H,2,6H2. The monoisotopic (exact) mass is 740 g/mol. The molecule has 2 heteroatoms.